The second kappa shape index (κ2) is 8.38. The van der Waals surface area contributed by atoms with Crippen LogP contribution in [-0.2, 0) is 14.8 Å². The highest BCUT2D eigenvalue weighted by atomic mass is 35.5. The summed E-state index contributed by atoms with van der Waals surface area (Å²) in [5.41, 5.74) is 0.243. The van der Waals surface area contributed by atoms with Crippen molar-refractivity contribution in [3.63, 3.8) is 0 Å². The molecule has 0 spiro atoms. The maximum absolute atomic E-state index is 13.0. The fourth-order valence-corrected chi connectivity index (χ4v) is 3.77. The highest BCUT2D eigenvalue weighted by Crippen LogP contribution is 2.30. The van der Waals surface area contributed by atoms with Crippen molar-refractivity contribution in [2.75, 3.05) is 17.4 Å². The monoisotopic (exact) mass is 398 g/mol. The van der Waals surface area contributed by atoms with Gasteiger partial charge in [0.05, 0.1) is 20.6 Å². The van der Waals surface area contributed by atoms with Crippen molar-refractivity contribution in [1.82, 2.24) is 5.32 Å². The summed E-state index contributed by atoms with van der Waals surface area (Å²) in [6, 6.07) is 12.2. The van der Waals surface area contributed by atoms with Crippen LogP contribution in [-0.4, -0.2) is 27.4 Å². The number of anilines is 1. The van der Waals surface area contributed by atoms with Crippen LogP contribution in [0.1, 0.15) is 0 Å². The van der Waals surface area contributed by atoms with Gasteiger partial charge in [0.25, 0.3) is 10.0 Å². The molecule has 2 aromatic carbocycles. The number of hydrogen-bond donors (Lipinski definition) is 1. The number of amides is 1. The predicted octanol–water partition coefficient (Wildman–Crippen LogP) is 3.49. The minimum absolute atomic E-state index is 0.0672. The molecule has 0 atom stereocenters. The Balaban J connectivity index is 2.46. The Kier molecular flexibility index (Phi) is 6.47. The van der Waals surface area contributed by atoms with Gasteiger partial charge in [-0.3, -0.25) is 9.10 Å². The Morgan fingerprint density at radius 3 is 2.40 bits per heavy atom. The van der Waals surface area contributed by atoms with Gasteiger partial charge >= 0.3 is 0 Å². The van der Waals surface area contributed by atoms with Crippen molar-refractivity contribution in [3.05, 3.63) is 71.2 Å². The first-order valence-corrected chi connectivity index (χ1v) is 9.46. The van der Waals surface area contributed by atoms with Crippen LogP contribution in [0.15, 0.2) is 66.1 Å². The van der Waals surface area contributed by atoms with E-state index in [1.54, 1.807) is 18.2 Å². The third kappa shape index (κ3) is 4.75. The van der Waals surface area contributed by atoms with Gasteiger partial charge in [0.15, 0.2) is 0 Å². The molecule has 2 aromatic rings. The molecule has 5 nitrogen and oxygen atoms in total. The molecule has 0 unspecified atom stereocenters. The molecule has 1 amide bonds. The largest absolute Gasteiger partial charge is 0.351 e. The smallest absolute Gasteiger partial charge is 0.264 e. The topological polar surface area (TPSA) is 66.5 Å². The predicted molar refractivity (Wildman–Crippen MR) is 101 cm³/mol. The number of rotatable bonds is 7. The van der Waals surface area contributed by atoms with E-state index in [0.29, 0.717) is 5.02 Å². The molecule has 8 heteroatoms. The summed E-state index contributed by atoms with van der Waals surface area (Å²) in [4.78, 5) is 12.2. The second-order valence-electron chi connectivity index (χ2n) is 5.02. The minimum Gasteiger partial charge on any atom is -0.351 e. The number of nitrogens with zero attached hydrogens (tertiary/aromatic N) is 1. The van der Waals surface area contributed by atoms with Crippen molar-refractivity contribution in [2.24, 2.45) is 0 Å². The third-order valence-electron chi connectivity index (χ3n) is 3.25. The second-order valence-corrected chi connectivity index (χ2v) is 7.69. The highest BCUT2D eigenvalue weighted by Gasteiger charge is 2.27. The zero-order valence-corrected chi connectivity index (χ0v) is 15.5. The number of carbonyl (C=O) groups is 1. The summed E-state index contributed by atoms with van der Waals surface area (Å²) < 4.78 is 27.0. The zero-order valence-electron chi connectivity index (χ0n) is 13.2. The number of sulfonamides is 1. The fourth-order valence-electron chi connectivity index (χ4n) is 2.05. The lowest BCUT2D eigenvalue weighted by Gasteiger charge is -2.24. The van der Waals surface area contributed by atoms with Crippen LogP contribution in [0.4, 0.5) is 5.69 Å². The molecule has 0 aromatic heterocycles. The van der Waals surface area contributed by atoms with Crippen molar-refractivity contribution >= 4 is 44.8 Å². The third-order valence-corrected chi connectivity index (χ3v) is 5.78. The standard InChI is InChI=1S/C17H16Cl2N2O3S/c1-2-10-20-17(22)12-21(13-8-9-15(18)16(19)11-13)25(23,24)14-6-4-3-5-7-14/h2-9,11H,1,10,12H2,(H,20,22). The Bertz CT molecular complexity index is 871. The lowest BCUT2D eigenvalue weighted by atomic mass is 10.3. The average molecular weight is 399 g/mol. The summed E-state index contributed by atoms with van der Waals surface area (Å²) in [5, 5.41) is 3.04. The molecule has 0 aliphatic carbocycles. The number of hydrogen-bond acceptors (Lipinski definition) is 3. The molecule has 25 heavy (non-hydrogen) atoms. The number of nitrogens with one attached hydrogen (secondary N) is 1. The van der Waals surface area contributed by atoms with E-state index in [9.17, 15) is 13.2 Å². The Labute approximate surface area is 156 Å². The molecule has 1 N–H and O–H groups in total. The van der Waals surface area contributed by atoms with Gasteiger partial charge in [-0.15, -0.1) is 6.58 Å². The maximum Gasteiger partial charge on any atom is 0.264 e. The minimum atomic E-state index is -3.96. The van der Waals surface area contributed by atoms with Gasteiger partial charge in [-0.2, -0.15) is 0 Å². The van der Waals surface area contributed by atoms with Gasteiger partial charge < -0.3 is 5.32 Å². The molecule has 0 radical (unpaired) electrons. The van der Waals surface area contributed by atoms with Gasteiger partial charge in [-0.25, -0.2) is 8.42 Å². The van der Waals surface area contributed by atoms with Crippen molar-refractivity contribution in [3.8, 4) is 0 Å². The molecule has 0 aliphatic heterocycles. The molecule has 2 rings (SSSR count). The summed E-state index contributed by atoms with van der Waals surface area (Å²) in [6.07, 6.45) is 1.51. The van der Waals surface area contributed by atoms with E-state index in [1.165, 1.54) is 36.4 Å². The first kappa shape index (κ1) is 19.3. The summed E-state index contributed by atoms with van der Waals surface area (Å²) in [5.74, 6) is -0.467. The normalized spacial score (nSPS) is 11.0. The van der Waals surface area contributed by atoms with Gasteiger partial charge in [0.2, 0.25) is 5.91 Å². The molecule has 0 saturated carbocycles. The van der Waals surface area contributed by atoms with Gasteiger partial charge in [0, 0.05) is 6.54 Å². The first-order valence-electron chi connectivity index (χ1n) is 7.26. The summed E-state index contributed by atoms with van der Waals surface area (Å²) >= 11 is 11.9. The number of halogens is 2. The molecule has 0 aliphatic rings. The Hall–Kier alpha value is -2.02. The van der Waals surface area contributed by atoms with Crippen LogP contribution < -0.4 is 9.62 Å². The van der Waals surface area contributed by atoms with Crippen LogP contribution in [0.2, 0.25) is 10.0 Å². The lowest BCUT2D eigenvalue weighted by Crippen LogP contribution is -2.40. The van der Waals surface area contributed by atoms with E-state index in [-0.39, 0.29) is 22.2 Å². The number of benzene rings is 2. The van der Waals surface area contributed by atoms with Crippen LogP contribution >= 0.6 is 23.2 Å². The van der Waals surface area contributed by atoms with Crippen LogP contribution in [0.3, 0.4) is 0 Å². The van der Waals surface area contributed by atoms with E-state index in [2.05, 4.69) is 11.9 Å². The van der Waals surface area contributed by atoms with Crippen LogP contribution in [0, 0.1) is 0 Å². The fraction of sp³-hybridized carbons (Fsp3) is 0.118. The number of carbonyl (C=O) groups excluding carboxylic acids is 1. The molecule has 0 bridgehead atoms. The molecule has 0 heterocycles. The van der Waals surface area contributed by atoms with E-state index in [1.807, 2.05) is 0 Å². The van der Waals surface area contributed by atoms with Crippen molar-refractivity contribution < 1.29 is 13.2 Å². The molecular formula is C17H16Cl2N2O3S. The molecule has 0 saturated heterocycles. The lowest BCUT2D eigenvalue weighted by molar-refractivity contribution is -0.119. The van der Waals surface area contributed by atoms with Gasteiger partial charge in [-0.05, 0) is 30.3 Å². The van der Waals surface area contributed by atoms with E-state index in [4.69, 9.17) is 23.2 Å². The molecule has 132 valence electrons. The van der Waals surface area contributed by atoms with Gasteiger partial charge in [-0.1, -0.05) is 47.5 Å². The van der Waals surface area contributed by atoms with Crippen molar-refractivity contribution in [1.29, 1.82) is 0 Å². The van der Waals surface area contributed by atoms with E-state index < -0.39 is 22.5 Å². The van der Waals surface area contributed by atoms with Crippen molar-refractivity contribution in [2.45, 2.75) is 4.90 Å². The summed E-state index contributed by atoms with van der Waals surface area (Å²) in [6.45, 7) is 3.34. The zero-order chi connectivity index (χ0) is 18.4. The van der Waals surface area contributed by atoms with E-state index in [0.717, 1.165) is 4.31 Å². The Morgan fingerprint density at radius 1 is 1.12 bits per heavy atom. The maximum atomic E-state index is 13.0. The Morgan fingerprint density at radius 2 is 1.80 bits per heavy atom. The first-order chi connectivity index (χ1) is 11.9. The molecular weight excluding hydrogens is 383 g/mol. The van der Waals surface area contributed by atoms with Gasteiger partial charge in [0.1, 0.15) is 6.54 Å². The van der Waals surface area contributed by atoms with E-state index >= 15 is 0 Å². The SMILES string of the molecule is C=CCNC(=O)CN(c1ccc(Cl)c(Cl)c1)S(=O)(=O)c1ccccc1. The summed E-state index contributed by atoms with van der Waals surface area (Å²) in [7, 11) is -3.96. The average Bonchev–Trinajstić information content (AvgIpc) is 2.61. The quantitative estimate of drug-likeness (QED) is 0.725. The van der Waals surface area contributed by atoms with Crippen LogP contribution in [0.25, 0.3) is 0 Å². The molecule has 0 fully saturated rings. The van der Waals surface area contributed by atoms with Crippen LogP contribution in [0.5, 0.6) is 0 Å². The highest BCUT2D eigenvalue weighted by molar-refractivity contribution is 7.92.